The van der Waals surface area contributed by atoms with Crippen molar-refractivity contribution in [3.8, 4) is 0 Å². The smallest absolute Gasteiger partial charge is 0.330 e. The minimum atomic E-state index is -1.02. The van der Waals surface area contributed by atoms with Gasteiger partial charge in [-0.1, -0.05) is 5.57 Å². The molecular formula is C18H26O9. The van der Waals surface area contributed by atoms with E-state index in [0.717, 1.165) is 0 Å². The Kier molecular flexibility index (Phi) is 8.93. The normalized spacial score (nSPS) is 25.3. The fraction of sp³-hybridized carbons (Fsp3) is 0.667. The lowest BCUT2D eigenvalue weighted by atomic mass is 9.94. The second-order valence-corrected chi connectivity index (χ2v) is 6.11. The molecule has 1 aliphatic heterocycles. The Morgan fingerprint density at radius 3 is 2.00 bits per heavy atom. The van der Waals surface area contributed by atoms with Gasteiger partial charge in [-0.05, 0) is 20.3 Å². The lowest BCUT2D eigenvalue weighted by Crippen LogP contribution is -2.57. The summed E-state index contributed by atoms with van der Waals surface area (Å²) >= 11 is 0. The van der Waals surface area contributed by atoms with Crippen molar-refractivity contribution in [1.82, 2.24) is 0 Å². The van der Waals surface area contributed by atoms with Crippen molar-refractivity contribution in [2.45, 2.75) is 65.5 Å². The molecule has 1 rings (SSSR count). The summed E-state index contributed by atoms with van der Waals surface area (Å²) < 4.78 is 26.3. The summed E-state index contributed by atoms with van der Waals surface area (Å²) in [6, 6.07) is 0. The van der Waals surface area contributed by atoms with Crippen LogP contribution in [0.15, 0.2) is 11.6 Å². The summed E-state index contributed by atoms with van der Waals surface area (Å²) in [6.45, 7) is 7.21. The van der Waals surface area contributed by atoms with Crippen molar-refractivity contribution in [3.63, 3.8) is 0 Å². The van der Waals surface area contributed by atoms with E-state index in [2.05, 4.69) is 0 Å². The molecule has 1 saturated heterocycles. The topological polar surface area (TPSA) is 114 Å². The van der Waals surface area contributed by atoms with E-state index in [1.807, 2.05) is 0 Å². The van der Waals surface area contributed by atoms with Gasteiger partial charge in [-0.25, -0.2) is 4.79 Å². The van der Waals surface area contributed by atoms with E-state index in [-0.39, 0.29) is 19.6 Å². The summed E-state index contributed by atoms with van der Waals surface area (Å²) in [5.41, 5.74) is 0.628. The van der Waals surface area contributed by atoms with Gasteiger partial charge in [-0.3, -0.25) is 14.4 Å². The molecule has 1 heterocycles. The van der Waals surface area contributed by atoms with Crippen LogP contribution in [0.1, 0.15) is 41.0 Å². The monoisotopic (exact) mass is 386 g/mol. The van der Waals surface area contributed by atoms with Crippen molar-refractivity contribution in [3.05, 3.63) is 11.6 Å². The van der Waals surface area contributed by atoms with Crippen LogP contribution in [0.4, 0.5) is 0 Å². The molecule has 1 aliphatic rings. The average Bonchev–Trinajstić information content (AvgIpc) is 2.51. The van der Waals surface area contributed by atoms with Crippen LogP contribution < -0.4 is 0 Å². The summed E-state index contributed by atoms with van der Waals surface area (Å²) in [4.78, 5) is 46.0. The third-order valence-electron chi connectivity index (χ3n) is 3.63. The Bertz CT molecular complexity index is 596. The van der Waals surface area contributed by atoms with Crippen molar-refractivity contribution in [2.75, 3.05) is 13.2 Å². The van der Waals surface area contributed by atoms with E-state index in [1.54, 1.807) is 13.8 Å². The van der Waals surface area contributed by atoms with Crippen LogP contribution in [-0.2, 0) is 42.9 Å². The van der Waals surface area contributed by atoms with Crippen LogP contribution in [0.3, 0.4) is 0 Å². The molecule has 0 aromatic heterocycles. The molecule has 27 heavy (non-hydrogen) atoms. The zero-order chi connectivity index (χ0) is 20.6. The second-order valence-electron chi connectivity index (χ2n) is 6.11. The van der Waals surface area contributed by atoms with Gasteiger partial charge in [0.25, 0.3) is 0 Å². The number of ether oxygens (including phenoxy) is 5. The van der Waals surface area contributed by atoms with Crippen molar-refractivity contribution < 1.29 is 42.9 Å². The minimum absolute atomic E-state index is 0.0490. The van der Waals surface area contributed by atoms with E-state index >= 15 is 0 Å². The molecule has 0 radical (unpaired) electrons. The zero-order valence-corrected chi connectivity index (χ0v) is 16.2. The first kappa shape index (κ1) is 22.6. The molecule has 0 N–H and O–H groups in total. The predicted octanol–water partition coefficient (Wildman–Crippen LogP) is 1.08. The number of carbonyl (C=O) groups excluding carboxylic acids is 4. The van der Waals surface area contributed by atoms with Crippen LogP contribution >= 0.6 is 0 Å². The van der Waals surface area contributed by atoms with Gasteiger partial charge in [-0.2, -0.15) is 0 Å². The third-order valence-corrected chi connectivity index (χ3v) is 3.63. The first-order valence-electron chi connectivity index (χ1n) is 8.61. The molecule has 9 nitrogen and oxygen atoms in total. The largest absolute Gasteiger partial charge is 0.463 e. The van der Waals surface area contributed by atoms with Gasteiger partial charge in [-0.15, -0.1) is 0 Å². The summed E-state index contributed by atoms with van der Waals surface area (Å²) in [6.07, 6.45) is -2.10. The van der Waals surface area contributed by atoms with Gasteiger partial charge in [0.05, 0.1) is 13.2 Å². The first-order chi connectivity index (χ1) is 12.6. The molecule has 0 spiro atoms. The lowest BCUT2D eigenvalue weighted by Gasteiger charge is -2.40. The first-order valence-corrected chi connectivity index (χ1v) is 8.61. The Morgan fingerprint density at radius 1 is 0.926 bits per heavy atom. The van der Waals surface area contributed by atoms with Crippen LogP contribution in [0.5, 0.6) is 0 Å². The zero-order valence-electron chi connectivity index (χ0n) is 16.2. The van der Waals surface area contributed by atoms with Crippen LogP contribution in [0.25, 0.3) is 0 Å². The van der Waals surface area contributed by atoms with E-state index in [4.69, 9.17) is 23.7 Å². The molecule has 0 unspecified atom stereocenters. The van der Waals surface area contributed by atoms with Crippen LogP contribution in [0, 0.1) is 0 Å². The SMILES string of the molecule is CCOC(=O)/C=C(\C)C[C@@H]1OC[C@@H](OC(C)=O)[C@H](OC(C)=O)[C@H]1OC(C)=O. The lowest BCUT2D eigenvalue weighted by molar-refractivity contribution is -0.225. The maximum atomic E-state index is 11.6. The second kappa shape index (κ2) is 10.7. The van der Waals surface area contributed by atoms with Crippen LogP contribution in [0.2, 0.25) is 0 Å². The van der Waals surface area contributed by atoms with E-state index in [9.17, 15) is 19.2 Å². The highest BCUT2D eigenvalue weighted by Gasteiger charge is 2.46. The predicted molar refractivity (Wildman–Crippen MR) is 91.4 cm³/mol. The molecule has 0 aliphatic carbocycles. The van der Waals surface area contributed by atoms with Gasteiger partial charge in [0, 0.05) is 26.8 Å². The molecule has 0 bridgehead atoms. The Morgan fingerprint density at radius 2 is 1.48 bits per heavy atom. The molecule has 0 aromatic rings. The highest BCUT2D eigenvalue weighted by molar-refractivity contribution is 5.82. The van der Waals surface area contributed by atoms with Gasteiger partial charge >= 0.3 is 23.9 Å². The van der Waals surface area contributed by atoms with Crippen molar-refractivity contribution >= 4 is 23.9 Å². The number of carbonyl (C=O) groups is 4. The third kappa shape index (κ3) is 7.78. The quantitative estimate of drug-likeness (QED) is 0.360. The molecule has 152 valence electrons. The maximum Gasteiger partial charge on any atom is 0.330 e. The van der Waals surface area contributed by atoms with Crippen molar-refractivity contribution in [2.24, 2.45) is 0 Å². The minimum Gasteiger partial charge on any atom is -0.463 e. The standard InChI is InChI=1S/C18H26O9/c1-6-23-16(22)8-10(2)7-14-17(26-12(4)20)18(27-13(5)21)15(9-24-14)25-11(3)19/h8,14-15,17-18H,6-7,9H2,1-5H3/b10-8+/t14-,15+,17-,18-/m0/s1. The fourth-order valence-corrected chi connectivity index (χ4v) is 2.75. The van der Waals surface area contributed by atoms with Crippen molar-refractivity contribution in [1.29, 1.82) is 0 Å². The number of hydrogen-bond acceptors (Lipinski definition) is 9. The maximum absolute atomic E-state index is 11.6. The summed E-state index contributed by atoms with van der Waals surface area (Å²) in [5.74, 6) is -2.31. The molecule has 4 atom stereocenters. The van der Waals surface area contributed by atoms with Gasteiger partial charge in [0.1, 0.15) is 6.10 Å². The number of esters is 4. The molecule has 0 aromatic carbocycles. The molecule has 1 fully saturated rings. The average molecular weight is 386 g/mol. The highest BCUT2D eigenvalue weighted by atomic mass is 16.6. The Hall–Kier alpha value is -2.42. The van der Waals surface area contributed by atoms with Crippen LogP contribution in [-0.4, -0.2) is 61.5 Å². The fourth-order valence-electron chi connectivity index (χ4n) is 2.75. The van der Waals surface area contributed by atoms with E-state index in [0.29, 0.717) is 5.57 Å². The molecule has 9 heteroatoms. The number of hydrogen-bond donors (Lipinski definition) is 0. The van der Waals surface area contributed by atoms with Gasteiger partial charge in [0.2, 0.25) is 0 Å². The van der Waals surface area contributed by atoms with Gasteiger partial charge < -0.3 is 23.7 Å². The molecule has 0 amide bonds. The summed E-state index contributed by atoms with van der Waals surface area (Å²) in [5, 5.41) is 0. The van der Waals surface area contributed by atoms with E-state index in [1.165, 1.54) is 26.8 Å². The Balaban J connectivity index is 3.05. The summed E-state index contributed by atoms with van der Waals surface area (Å²) in [7, 11) is 0. The van der Waals surface area contributed by atoms with E-state index < -0.39 is 48.3 Å². The highest BCUT2D eigenvalue weighted by Crippen LogP contribution is 2.28. The molecular weight excluding hydrogens is 360 g/mol. The van der Waals surface area contributed by atoms with Gasteiger partial charge in [0.15, 0.2) is 18.3 Å². The number of rotatable bonds is 7. The molecule has 0 saturated carbocycles. The Labute approximate surface area is 157 Å².